The van der Waals surface area contributed by atoms with E-state index < -0.39 is 0 Å². The molecule has 1 aromatic carbocycles. The smallest absolute Gasteiger partial charge is 0.159 e. The Morgan fingerprint density at radius 3 is 2.72 bits per heavy atom. The van der Waals surface area contributed by atoms with Gasteiger partial charge in [-0.05, 0) is 30.8 Å². The number of nitrogens with zero attached hydrogens (tertiary/aromatic N) is 5. The van der Waals surface area contributed by atoms with E-state index in [0.717, 1.165) is 55.2 Å². The van der Waals surface area contributed by atoms with Gasteiger partial charge in [0.15, 0.2) is 5.84 Å². The number of hydrogen-bond donors (Lipinski definition) is 2. The Balaban J connectivity index is 1.52. The van der Waals surface area contributed by atoms with Gasteiger partial charge in [0, 0.05) is 45.1 Å². The molecule has 130 valence electrons. The lowest BCUT2D eigenvalue weighted by Gasteiger charge is -2.37. The Morgan fingerprint density at radius 2 is 1.88 bits per heavy atom. The molecule has 0 saturated carbocycles. The zero-order chi connectivity index (χ0) is 17.1. The van der Waals surface area contributed by atoms with Crippen LogP contribution in [-0.4, -0.2) is 65.4 Å². The fraction of sp³-hybridized carbons (Fsp3) is 0.389. The quantitative estimate of drug-likeness (QED) is 0.862. The molecule has 25 heavy (non-hydrogen) atoms. The molecule has 0 atom stereocenters. The number of nitrogens with one attached hydrogen (secondary N) is 2. The summed E-state index contributed by atoms with van der Waals surface area (Å²) in [4.78, 5) is 18.3. The van der Waals surface area contributed by atoms with Crippen LogP contribution in [0.15, 0.2) is 47.4 Å². The fourth-order valence-corrected chi connectivity index (χ4v) is 3.17. The van der Waals surface area contributed by atoms with E-state index in [2.05, 4.69) is 55.9 Å². The maximum Gasteiger partial charge on any atom is 0.159 e. The molecule has 1 aromatic heterocycles. The van der Waals surface area contributed by atoms with Crippen LogP contribution < -0.4 is 10.9 Å². The highest BCUT2D eigenvalue weighted by Gasteiger charge is 2.21. The summed E-state index contributed by atoms with van der Waals surface area (Å²) in [7, 11) is 2.17. The molecule has 0 unspecified atom stereocenters. The number of amidine groups is 1. The van der Waals surface area contributed by atoms with E-state index in [-0.39, 0.29) is 0 Å². The molecule has 2 aromatic rings. The van der Waals surface area contributed by atoms with E-state index in [0.29, 0.717) is 6.54 Å². The molecule has 7 heteroatoms. The molecule has 7 nitrogen and oxygen atoms in total. The predicted molar refractivity (Wildman–Crippen MR) is 99.0 cm³/mol. The molecule has 0 radical (unpaired) electrons. The highest BCUT2D eigenvalue weighted by molar-refractivity contribution is 5.98. The first-order valence-corrected chi connectivity index (χ1v) is 8.66. The second kappa shape index (κ2) is 7.16. The van der Waals surface area contributed by atoms with Crippen molar-refractivity contribution in [2.75, 3.05) is 39.8 Å². The van der Waals surface area contributed by atoms with Crippen LogP contribution in [0.5, 0.6) is 0 Å². The van der Waals surface area contributed by atoms with E-state index in [4.69, 9.17) is 4.99 Å². The Labute approximate surface area is 147 Å². The Morgan fingerprint density at radius 1 is 1.08 bits per heavy atom. The van der Waals surface area contributed by atoms with Crippen LogP contribution in [0.4, 0.5) is 0 Å². The lowest BCUT2D eigenvalue weighted by molar-refractivity contribution is 0.190. The molecule has 3 heterocycles. The van der Waals surface area contributed by atoms with Crippen LogP contribution in [-0.2, 0) is 6.54 Å². The number of benzene rings is 1. The maximum atomic E-state index is 4.81. The van der Waals surface area contributed by atoms with Crippen molar-refractivity contribution in [2.24, 2.45) is 4.99 Å². The van der Waals surface area contributed by atoms with Gasteiger partial charge in [-0.1, -0.05) is 6.07 Å². The maximum absolute atomic E-state index is 4.81. The molecule has 0 spiro atoms. The summed E-state index contributed by atoms with van der Waals surface area (Å²) >= 11 is 0. The molecule has 1 saturated heterocycles. The van der Waals surface area contributed by atoms with Gasteiger partial charge in [0.2, 0.25) is 0 Å². The monoisotopic (exact) mass is 337 g/mol. The number of likely N-dealkylation sites (N-methyl/N-ethyl adjacent to an activating group) is 1. The van der Waals surface area contributed by atoms with Crippen LogP contribution >= 0.6 is 0 Å². The van der Waals surface area contributed by atoms with E-state index in [1.165, 1.54) is 5.70 Å². The summed E-state index contributed by atoms with van der Waals surface area (Å²) in [5, 5.41) is 0. The molecule has 0 bridgehead atoms. The second-order valence-corrected chi connectivity index (χ2v) is 6.43. The van der Waals surface area contributed by atoms with E-state index >= 15 is 0 Å². The third kappa shape index (κ3) is 3.62. The van der Waals surface area contributed by atoms with Gasteiger partial charge >= 0.3 is 0 Å². The highest BCUT2D eigenvalue weighted by Crippen LogP contribution is 2.14. The minimum atomic E-state index is 0.613. The first kappa shape index (κ1) is 16.0. The minimum Gasteiger partial charge on any atom is -0.366 e. The number of piperazine rings is 1. The zero-order valence-electron chi connectivity index (χ0n) is 14.4. The third-order valence-corrected chi connectivity index (χ3v) is 4.64. The van der Waals surface area contributed by atoms with Crippen molar-refractivity contribution in [1.82, 2.24) is 30.6 Å². The minimum absolute atomic E-state index is 0.613. The van der Waals surface area contributed by atoms with Crippen molar-refractivity contribution < 1.29 is 0 Å². The van der Waals surface area contributed by atoms with Gasteiger partial charge in [0.25, 0.3) is 0 Å². The number of hydrazine groups is 1. The van der Waals surface area contributed by atoms with Gasteiger partial charge in [-0.25, -0.2) is 5.43 Å². The highest BCUT2D eigenvalue weighted by atomic mass is 15.4. The third-order valence-electron chi connectivity index (χ3n) is 4.64. The second-order valence-electron chi connectivity index (χ2n) is 6.43. The number of aromatic nitrogens is 2. The molecule has 4 rings (SSSR count). The molecule has 2 N–H and O–H groups in total. The summed E-state index contributed by atoms with van der Waals surface area (Å²) in [6.45, 7) is 5.67. The fourth-order valence-electron chi connectivity index (χ4n) is 3.17. The van der Waals surface area contributed by atoms with E-state index in [1.54, 1.807) is 12.4 Å². The lowest BCUT2D eigenvalue weighted by Crippen LogP contribution is -2.51. The van der Waals surface area contributed by atoms with Crippen LogP contribution in [0.25, 0.3) is 11.0 Å². The van der Waals surface area contributed by atoms with Gasteiger partial charge in [0.05, 0.1) is 23.3 Å². The van der Waals surface area contributed by atoms with E-state index in [1.807, 2.05) is 6.07 Å². The molecular formula is C18H23N7. The summed E-state index contributed by atoms with van der Waals surface area (Å²) < 4.78 is 0. The van der Waals surface area contributed by atoms with E-state index in [9.17, 15) is 0 Å². The normalized spacial score (nSPS) is 20.6. The number of hydrogen-bond acceptors (Lipinski definition) is 6. The summed E-state index contributed by atoms with van der Waals surface area (Å²) in [5.74, 6) is 0.912. The van der Waals surface area contributed by atoms with Crippen LogP contribution in [0, 0.1) is 0 Å². The zero-order valence-corrected chi connectivity index (χ0v) is 14.4. The molecular weight excluding hydrogens is 314 g/mol. The van der Waals surface area contributed by atoms with Crippen molar-refractivity contribution in [3.8, 4) is 0 Å². The Bertz CT molecular complexity index is 806. The molecule has 2 aliphatic rings. The number of rotatable bonds is 3. The number of aliphatic imine (C=N–C) groups is 1. The van der Waals surface area contributed by atoms with Crippen molar-refractivity contribution >= 4 is 16.9 Å². The van der Waals surface area contributed by atoms with Gasteiger partial charge in [-0.3, -0.25) is 15.0 Å². The van der Waals surface area contributed by atoms with Crippen molar-refractivity contribution in [3.05, 3.63) is 47.9 Å². The van der Waals surface area contributed by atoms with Crippen LogP contribution in [0.3, 0.4) is 0 Å². The average Bonchev–Trinajstić information content (AvgIpc) is 2.67. The SMILES string of the molecule is CN1CCN(C2=CCNNC2=NCc2ccc3nccnc3c2)CC1. The number of fused-ring (bicyclic) bond motifs is 1. The standard InChI is InChI=1S/C18H23N7/c1-24-8-10-25(11-9-24)17-4-5-22-23-18(17)21-13-14-2-3-15-16(12-14)20-7-6-19-15/h2-4,6-7,12,22H,5,8-11,13H2,1H3,(H,21,23). The van der Waals surface area contributed by atoms with Crippen molar-refractivity contribution in [1.29, 1.82) is 0 Å². The van der Waals surface area contributed by atoms with Crippen LogP contribution in [0.1, 0.15) is 5.56 Å². The average molecular weight is 337 g/mol. The first-order chi connectivity index (χ1) is 12.3. The van der Waals surface area contributed by atoms with Gasteiger partial charge < -0.3 is 15.2 Å². The predicted octanol–water partition coefficient (Wildman–Crippen LogP) is 0.767. The largest absolute Gasteiger partial charge is 0.366 e. The summed E-state index contributed by atoms with van der Waals surface area (Å²) in [6.07, 6.45) is 5.65. The topological polar surface area (TPSA) is 68.7 Å². The van der Waals surface area contributed by atoms with Crippen molar-refractivity contribution in [3.63, 3.8) is 0 Å². The molecule has 0 aliphatic carbocycles. The van der Waals surface area contributed by atoms with Gasteiger partial charge in [-0.2, -0.15) is 0 Å². The Kier molecular flexibility index (Phi) is 4.58. The van der Waals surface area contributed by atoms with Gasteiger partial charge in [0.1, 0.15) is 0 Å². The first-order valence-electron chi connectivity index (χ1n) is 8.66. The van der Waals surface area contributed by atoms with Crippen LogP contribution in [0.2, 0.25) is 0 Å². The Hall–Kier alpha value is -2.51. The molecule has 1 fully saturated rings. The summed E-state index contributed by atoms with van der Waals surface area (Å²) in [6, 6.07) is 6.13. The molecule has 0 amide bonds. The molecule has 2 aliphatic heterocycles. The van der Waals surface area contributed by atoms with Crippen molar-refractivity contribution in [2.45, 2.75) is 6.54 Å². The van der Waals surface area contributed by atoms with Gasteiger partial charge in [-0.15, -0.1) is 0 Å². The summed E-state index contributed by atoms with van der Waals surface area (Å²) in [5.41, 5.74) is 10.5. The lowest BCUT2D eigenvalue weighted by atomic mass is 10.2.